The summed E-state index contributed by atoms with van der Waals surface area (Å²) in [5.74, 6) is -0.231. The fraction of sp³-hybridized carbons (Fsp3) is 0.300. The fourth-order valence-electron chi connectivity index (χ4n) is 1.14. The average Bonchev–Trinajstić information content (AvgIpc) is 2.01. The summed E-state index contributed by atoms with van der Waals surface area (Å²) >= 11 is 0. The van der Waals surface area contributed by atoms with Crippen molar-refractivity contribution in [3.8, 4) is 6.07 Å². The van der Waals surface area contributed by atoms with Gasteiger partial charge in [-0.1, -0.05) is 6.07 Å². The molecule has 0 unspecified atom stereocenters. The summed E-state index contributed by atoms with van der Waals surface area (Å²) in [4.78, 5) is 0. The number of halogens is 1. The first-order valence-electron chi connectivity index (χ1n) is 3.77. The molecule has 0 radical (unpaired) electrons. The van der Waals surface area contributed by atoms with Crippen LogP contribution in [0.5, 0.6) is 0 Å². The van der Waals surface area contributed by atoms with Crippen LogP contribution in [-0.4, -0.2) is 0 Å². The van der Waals surface area contributed by atoms with Crippen LogP contribution in [0.25, 0.3) is 0 Å². The number of aryl methyl sites for hydroxylation is 2. The highest BCUT2D eigenvalue weighted by molar-refractivity contribution is 5.33. The van der Waals surface area contributed by atoms with Crippen molar-refractivity contribution >= 4 is 0 Å². The molecule has 1 aromatic carbocycles. The molecule has 1 rings (SSSR count). The maximum absolute atomic E-state index is 13.0. The van der Waals surface area contributed by atoms with Crippen LogP contribution < -0.4 is 0 Å². The molecule has 0 aliphatic heterocycles. The van der Waals surface area contributed by atoms with Crippen LogP contribution in [0.1, 0.15) is 16.7 Å². The molecular formula is C10H10FN. The summed E-state index contributed by atoms with van der Waals surface area (Å²) in [7, 11) is 0. The Labute approximate surface area is 71.4 Å². The van der Waals surface area contributed by atoms with Gasteiger partial charge in [-0.25, -0.2) is 4.39 Å². The molecule has 1 nitrogen and oxygen atoms in total. The van der Waals surface area contributed by atoms with E-state index in [1.54, 1.807) is 13.0 Å². The number of nitriles is 1. The first-order valence-corrected chi connectivity index (χ1v) is 3.77. The van der Waals surface area contributed by atoms with Gasteiger partial charge in [0, 0.05) is 0 Å². The van der Waals surface area contributed by atoms with E-state index in [-0.39, 0.29) is 12.2 Å². The van der Waals surface area contributed by atoms with E-state index >= 15 is 0 Å². The lowest BCUT2D eigenvalue weighted by Gasteiger charge is -2.03. The Hall–Kier alpha value is -1.36. The van der Waals surface area contributed by atoms with Crippen molar-refractivity contribution < 1.29 is 4.39 Å². The molecule has 0 bridgehead atoms. The third-order valence-electron chi connectivity index (χ3n) is 1.89. The quantitative estimate of drug-likeness (QED) is 0.624. The van der Waals surface area contributed by atoms with Crippen molar-refractivity contribution in [2.24, 2.45) is 0 Å². The van der Waals surface area contributed by atoms with E-state index in [1.165, 1.54) is 6.07 Å². The van der Waals surface area contributed by atoms with Gasteiger partial charge in [-0.05, 0) is 36.6 Å². The lowest BCUT2D eigenvalue weighted by Crippen LogP contribution is -1.92. The standard InChI is InChI=1S/C10H10FN/c1-7-5-8(2)10(11)6-9(7)3-4-12/h5-6H,3H2,1-2H3. The predicted octanol–water partition coefficient (Wildman–Crippen LogP) is 2.51. The van der Waals surface area contributed by atoms with Gasteiger partial charge >= 0.3 is 0 Å². The molecule has 0 aliphatic rings. The van der Waals surface area contributed by atoms with Crippen LogP contribution >= 0.6 is 0 Å². The molecule has 0 saturated carbocycles. The molecule has 0 heterocycles. The summed E-state index contributed by atoms with van der Waals surface area (Å²) < 4.78 is 13.0. The summed E-state index contributed by atoms with van der Waals surface area (Å²) in [5, 5.41) is 8.43. The fourth-order valence-corrected chi connectivity index (χ4v) is 1.14. The Morgan fingerprint density at radius 3 is 2.58 bits per heavy atom. The van der Waals surface area contributed by atoms with Gasteiger partial charge in [-0.15, -0.1) is 0 Å². The largest absolute Gasteiger partial charge is 0.207 e. The van der Waals surface area contributed by atoms with Crippen LogP contribution in [0.4, 0.5) is 4.39 Å². The SMILES string of the molecule is Cc1cc(C)c(CC#N)cc1F. The van der Waals surface area contributed by atoms with Gasteiger partial charge in [-0.2, -0.15) is 5.26 Å². The maximum atomic E-state index is 13.0. The number of rotatable bonds is 1. The van der Waals surface area contributed by atoms with Gasteiger partial charge in [0.15, 0.2) is 0 Å². The first kappa shape index (κ1) is 8.73. The zero-order valence-electron chi connectivity index (χ0n) is 7.19. The molecule has 62 valence electrons. The van der Waals surface area contributed by atoms with Gasteiger partial charge in [0.25, 0.3) is 0 Å². The smallest absolute Gasteiger partial charge is 0.126 e. The van der Waals surface area contributed by atoms with Crippen LogP contribution in [-0.2, 0) is 6.42 Å². The van der Waals surface area contributed by atoms with Crippen molar-refractivity contribution in [2.45, 2.75) is 20.3 Å². The summed E-state index contributed by atoms with van der Waals surface area (Å²) in [6.45, 7) is 3.61. The van der Waals surface area contributed by atoms with E-state index in [2.05, 4.69) is 0 Å². The zero-order chi connectivity index (χ0) is 9.14. The van der Waals surface area contributed by atoms with Crippen molar-refractivity contribution in [3.63, 3.8) is 0 Å². The Bertz CT molecular complexity index is 336. The molecule has 0 aliphatic carbocycles. The van der Waals surface area contributed by atoms with E-state index in [0.717, 1.165) is 11.1 Å². The molecular weight excluding hydrogens is 153 g/mol. The van der Waals surface area contributed by atoms with Crippen molar-refractivity contribution in [1.82, 2.24) is 0 Å². The zero-order valence-corrected chi connectivity index (χ0v) is 7.19. The Balaban J connectivity index is 3.16. The monoisotopic (exact) mass is 163 g/mol. The van der Waals surface area contributed by atoms with Gasteiger partial charge in [0.1, 0.15) is 5.82 Å². The Morgan fingerprint density at radius 1 is 1.33 bits per heavy atom. The minimum absolute atomic E-state index is 0.231. The molecule has 0 atom stereocenters. The third-order valence-corrected chi connectivity index (χ3v) is 1.89. The van der Waals surface area contributed by atoms with Crippen LogP contribution in [0.3, 0.4) is 0 Å². The number of benzene rings is 1. The molecule has 0 fully saturated rings. The average molecular weight is 163 g/mol. The highest BCUT2D eigenvalue weighted by Gasteiger charge is 2.02. The minimum atomic E-state index is -0.231. The topological polar surface area (TPSA) is 23.8 Å². The predicted molar refractivity (Wildman–Crippen MR) is 45.2 cm³/mol. The number of hydrogen-bond donors (Lipinski definition) is 0. The number of nitrogens with zero attached hydrogens (tertiary/aromatic N) is 1. The minimum Gasteiger partial charge on any atom is -0.207 e. The van der Waals surface area contributed by atoms with E-state index in [4.69, 9.17) is 5.26 Å². The lowest BCUT2D eigenvalue weighted by molar-refractivity contribution is 0.616. The first-order chi connectivity index (χ1) is 5.65. The molecule has 0 saturated heterocycles. The summed E-state index contributed by atoms with van der Waals surface area (Å²) in [6, 6.07) is 5.21. The van der Waals surface area contributed by atoms with Gasteiger partial charge in [-0.3, -0.25) is 0 Å². The van der Waals surface area contributed by atoms with Gasteiger partial charge in [0.2, 0.25) is 0 Å². The molecule has 0 amide bonds. The van der Waals surface area contributed by atoms with E-state index in [1.807, 2.05) is 13.0 Å². The number of hydrogen-bond acceptors (Lipinski definition) is 1. The molecule has 12 heavy (non-hydrogen) atoms. The van der Waals surface area contributed by atoms with E-state index in [9.17, 15) is 4.39 Å². The Morgan fingerprint density at radius 2 is 2.00 bits per heavy atom. The Kier molecular flexibility index (Phi) is 2.44. The second-order valence-corrected chi connectivity index (χ2v) is 2.86. The lowest BCUT2D eigenvalue weighted by atomic mass is 10.0. The molecule has 0 aromatic heterocycles. The van der Waals surface area contributed by atoms with Gasteiger partial charge in [0.05, 0.1) is 12.5 Å². The highest BCUT2D eigenvalue weighted by Crippen LogP contribution is 2.14. The normalized spacial score (nSPS) is 9.50. The third kappa shape index (κ3) is 1.62. The second-order valence-electron chi connectivity index (χ2n) is 2.86. The van der Waals surface area contributed by atoms with Crippen LogP contribution in [0.15, 0.2) is 12.1 Å². The molecule has 0 spiro atoms. The van der Waals surface area contributed by atoms with Crippen molar-refractivity contribution in [2.75, 3.05) is 0 Å². The van der Waals surface area contributed by atoms with Crippen molar-refractivity contribution in [3.05, 3.63) is 34.6 Å². The molecule has 1 aromatic rings. The van der Waals surface area contributed by atoms with Crippen LogP contribution in [0.2, 0.25) is 0 Å². The van der Waals surface area contributed by atoms with Crippen molar-refractivity contribution in [1.29, 1.82) is 5.26 Å². The maximum Gasteiger partial charge on any atom is 0.126 e. The van der Waals surface area contributed by atoms with Crippen LogP contribution in [0, 0.1) is 31.0 Å². The summed E-state index contributed by atoms with van der Waals surface area (Å²) in [5.41, 5.74) is 2.39. The second kappa shape index (κ2) is 3.36. The van der Waals surface area contributed by atoms with E-state index < -0.39 is 0 Å². The molecule has 0 N–H and O–H groups in total. The molecule has 2 heteroatoms. The highest BCUT2D eigenvalue weighted by atomic mass is 19.1. The summed E-state index contributed by atoms with van der Waals surface area (Å²) in [6.07, 6.45) is 0.281. The van der Waals surface area contributed by atoms with Gasteiger partial charge < -0.3 is 0 Å². The van der Waals surface area contributed by atoms with E-state index in [0.29, 0.717) is 5.56 Å².